The lowest BCUT2D eigenvalue weighted by molar-refractivity contribution is -0.168. The molecule has 0 bridgehead atoms. The molecule has 0 spiro atoms. The molecule has 0 aromatic heterocycles. The highest BCUT2D eigenvalue weighted by Crippen LogP contribution is 2.37. The molecule has 2 aromatic carbocycles. The largest absolute Gasteiger partial charge is 0.417 e. The quantitative estimate of drug-likeness (QED) is 0.177. The van der Waals surface area contributed by atoms with E-state index in [1.54, 1.807) is 24.3 Å². The third-order valence-corrected chi connectivity index (χ3v) is 14.6. The van der Waals surface area contributed by atoms with Crippen LogP contribution in [0.25, 0.3) is 0 Å². The lowest BCUT2D eigenvalue weighted by atomic mass is 10.1. The van der Waals surface area contributed by atoms with Crippen LogP contribution in [0.2, 0.25) is 28.2 Å². The molecular formula is C29H43Cl2NO5SSi. The first-order valence-electron chi connectivity index (χ1n) is 13.7. The summed E-state index contributed by atoms with van der Waals surface area (Å²) in [5.74, 6) is 0. The predicted octanol–water partition coefficient (Wildman–Crippen LogP) is 8.42. The summed E-state index contributed by atoms with van der Waals surface area (Å²) >= 11 is 12.5. The zero-order valence-corrected chi connectivity index (χ0v) is 27.3. The zero-order valence-electron chi connectivity index (χ0n) is 24.0. The van der Waals surface area contributed by atoms with Crippen LogP contribution < -0.4 is 4.31 Å². The van der Waals surface area contributed by atoms with Gasteiger partial charge in [0.1, 0.15) is 0 Å². The number of hydrogen-bond acceptors (Lipinski definition) is 5. The molecule has 1 saturated heterocycles. The Morgan fingerprint density at radius 3 is 2.36 bits per heavy atom. The number of hydrogen-bond donors (Lipinski definition) is 0. The summed E-state index contributed by atoms with van der Waals surface area (Å²) < 4.78 is 47.9. The maximum absolute atomic E-state index is 14.1. The van der Waals surface area contributed by atoms with E-state index in [9.17, 15) is 8.42 Å². The Labute approximate surface area is 246 Å². The Bertz CT molecular complexity index is 1180. The first-order chi connectivity index (χ1) is 18.2. The maximum atomic E-state index is 14.1. The van der Waals surface area contributed by atoms with Gasteiger partial charge in [0.05, 0.1) is 17.2 Å². The normalized spacial score (nSPS) is 17.7. The fourth-order valence-electron chi connectivity index (χ4n) is 4.25. The van der Waals surface area contributed by atoms with Gasteiger partial charge in [0.25, 0.3) is 10.0 Å². The molecule has 1 fully saturated rings. The average Bonchev–Trinajstić information content (AvgIpc) is 2.86. The Balaban J connectivity index is 1.90. The molecule has 2 atom stereocenters. The molecule has 1 aliphatic rings. The van der Waals surface area contributed by atoms with Crippen molar-refractivity contribution in [2.75, 3.05) is 17.5 Å². The molecule has 6 nitrogen and oxygen atoms in total. The maximum Gasteiger partial charge on any atom is 0.264 e. The third kappa shape index (κ3) is 8.68. The molecule has 1 heterocycles. The van der Waals surface area contributed by atoms with Crippen LogP contribution in [0.5, 0.6) is 0 Å². The Morgan fingerprint density at radius 2 is 1.74 bits per heavy atom. The van der Waals surface area contributed by atoms with Crippen molar-refractivity contribution in [3.8, 4) is 0 Å². The molecule has 0 saturated carbocycles. The van der Waals surface area contributed by atoms with Crippen molar-refractivity contribution in [3.05, 3.63) is 58.1 Å². The van der Waals surface area contributed by atoms with Gasteiger partial charge in [-0.25, -0.2) is 8.42 Å². The highest BCUT2D eigenvalue weighted by atomic mass is 35.5. The highest BCUT2D eigenvalue weighted by Gasteiger charge is 2.37. The fourth-order valence-corrected chi connectivity index (χ4v) is 7.35. The predicted molar refractivity (Wildman–Crippen MR) is 163 cm³/mol. The van der Waals surface area contributed by atoms with Crippen LogP contribution in [0.3, 0.4) is 0 Å². The molecule has 1 unspecified atom stereocenters. The highest BCUT2D eigenvalue weighted by molar-refractivity contribution is 7.92. The second-order valence-electron chi connectivity index (χ2n) is 11.7. The number of sulfonamides is 1. The SMILES string of the molecule is C[C@H](CCCO[Si](C)(C)C(C)(C)C)N(c1cc(Cl)ccc1COC1CCCCO1)S(=O)(=O)c1ccc(Cl)cc1. The van der Waals surface area contributed by atoms with Gasteiger partial charge in [-0.3, -0.25) is 4.31 Å². The summed E-state index contributed by atoms with van der Waals surface area (Å²) in [5, 5.41) is 1.04. The number of halogens is 2. The second kappa shape index (κ2) is 13.7. The molecule has 39 heavy (non-hydrogen) atoms. The lowest BCUT2D eigenvalue weighted by Gasteiger charge is -2.36. The molecule has 1 aliphatic heterocycles. The summed E-state index contributed by atoms with van der Waals surface area (Å²) in [7, 11) is -5.84. The molecular weight excluding hydrogens is 573 g/mol. The fraction of sp³-hybridized carbons (Fsp3) is 0.586. The van der Waals surface area contributed by atoms with Gasteiger partial charge in [0.2, 0.25) is 0 Å². The molecule has 3 rings (SSSR count). The number of benzene rings is 2. The first kappa shape index (κ1) is 32.4. The Morgan fingerprint density at radius 1 is 1.08 bits per heavy atom. The zero-order chi connectivity index (χ0) is 28.8. The van der Waals surface area contributed by atoms with Crippen LogP contribution in [0, 0.1) is 0 Å². The van der Waals surface area contributed by atoms with E-state index < -0.39 is 18.3 Å². The van der Waals surface area contributed by atoms with E-state index in [1.807, 2.05) is 13.0 Å². The van der Waals surface area contributed by atoms with E-state index in [-0.39, 0.29) is 28.9 Å². The molecule has 0 N–H and O–H groups in total. The topological polar surface area (TPSA) is 65.1 Å². The summed E-state index contributed by atoms with van der Waals surface area (Å²) in [6.45, 7) is 14.5. The smallest absolute Gasteiger partial charge is 0.264 e. The van der Waals surface area contributed by atoms with Gasteiger partial charge >= 0.3 is 0 Å². The van der Waals surface area contributed by atoms with Crippen molar-refractivity contribution in [1.82, 2.24) is 0 Å². The van der Waals surface area contributed by atoms with E-state index in [0.717, 1.165) is 31.2 Å². The van der Waals surface area contributed by atoms with Gasteiger partial charge in [0, 0.05) is 34.9 Å². The molecule has 218 valence electrons. The second-order valence-corrected chi connectivity index (χ2v) is 19.2. The summed E-state index contributed by atoms with van der Waals surface area (Å²) in [5.41, 5.74) is 1.24. The van der Waals surface area contributed by atoms with Gasteiger partial charge in [-0.15, -0.1) is 0 Å². The number of rotatable bonds is 12. The Hall–Kier alpha value is -1.13. The summed E-state index contributed by atoms with van der Waals surface area (Å²) in [4.78, 5) is 0.165. The van der Waals surface area contributed by atoms with E-state index in [4.69, 9.17) is 37.1 Å². The van der Waals surface area contributed by atoms with E-state index in [1.165, 1.54) is 16.4 Å². The van der Waals surface area contributed by atoms with Crippen LogP contribution in [-0.4, -0.2) is 42.3 Å². The molecule has 0 radical (unpaired) electrons. The van der Waals surface area contributed by atoms with Crippen molar-refractivity contribution in [1.29, 1.82) is 0 Å². The minimum absolute atomic E-state index is 0.111. The summed E-state index contributed by atoms with van der Waals surface area (Å²) in [6.07, 6.45) is 3.93. The van der Waals surface area contributed by atoms with Crippen molar-refractivity contribution in [2.45, 2.75) is 102 Å². The van der Waals surface area contributed by atoms with Crippen LogP contribution in [0.4, 0.5) is 5.69 Å². The molecule has 0 aliphatic carbocycles. The average molecular weight is 617 g/mol. The number of anilines is 1. The van der Waals surface area contributed by atoms with Crippen molar-refractivity contribution in [2.24, 2.45) is 0 Å². The first-order valence-corrected chi connectivity index (χ1v) is 18.8. The van der Waals surface area contributed by atoms with Gasteiger partial charge in [-0.1, -0.05) is 50.0 Å². The minimum atomic E-state index is -3.94. The monoisotopic (exact) mass is 615 g/mol. The van der Waals surface area contributed by atoms with Gasteiger partial charge in [0.15, 0.2) is 14.6 Å². The van der Waals surface area contributed by atoms with Gasteiger partial charge < -0.3 is 13.9 Å². The van der Waals surface area contributed by atoms with Crippen molar-refractivity contribution >= 4 is 47.2 Å². The van der Waals surface area contributed by atoms with Gasteiger partial charge in [-0.2, -0.15) is 0 Å². The lowest BCUT2D eigenvalue weighted by Crippen LogP contribution is -2.42. The molecule has 2 aromatic rings. The minimum Gasteiger partial charge on any atom is -0.417 e. The van der Waals surface area contributed by atoms with Gasteiger partial charge in [-0.05, 0) is 93.6 Å². The summed E-state index contributed by atoms with van der Waals surface area (Å²) in [6, 6.07) is 11.2. The van der Waals surface area contributed by atoms with Crippen LogP contribution >= 0.6 is 23.2 Å². The standard InChI is InChI=1S/C29H43Cl2NO5SSi/c1-22(10-9-19-37-39(5,6)29(2,3)4)32(38(33,34)26-16-14-24(30)15-17-26)27-20-25(31)13-12-23(27)21-36-28-11-7-8-18-35-28/h12-17,20,22,28H,7-11,18-19,21H2,1-6H3/t22-,28?/m1/s1. The van der Waals surface area contributed by atoms with E-state index >= 15 is 0 Å². The Kier molecular flexibility index (Phi) is 11.4. The van der Waals surface area contributed by atoms with E-state index in [2.05, 4.69) is 33.9 Å². The third-order valence-electron chi connectivity index (χ3n) is 7.65. The van der Waals surface area contributed by atoms with E-state index in [0.29, 0.717) is 35.4 Å². The van der Waals surface area contributed by atoms with Crippen LogP contribution in [-0.2, 0) is 30.5 Å². The molecule has 10 heteroatoms. The molecule has 0 amide bonds. The number of ether oxygens (including phenoxy) is 2. The van der Waals surface area contributed by atoms with Crippen molar-refractivity contribution < 1.29 is 22.3 Å². The van der Waals surface area contributed by atoms with Crippen LogP contribution in [0.15, 0.2) is 47.4 Å². The van der Waals surface area contributed by atoms with Crippen LogP contribution in [0.1, 0.15) is 65.4 Å². The number of nitrogens with zero attached hydrogens (tertiary/aromatic N) is 1. The van der Waals surface area contributed by atoms with Crippen molar-refractivity contribution in [3.63, 3.8) is 0 Å².